The number of nitrogens with zero attached hydrogens (tertiary/aromatic N) is 3. The van der Waals surface area contributed by atoms with E-state index in [9.17, 15) is 18.7 Å². The summed E-state index contributed by atoms with van der Waals surface area (Å²) in [6.07, 6.45) is -0.500. The number of fused-ring (bicyclic) bond motifs is 3. The number of hydrogen-bond donors (Lipinski definition) is 1. The molecular weight excluding hydrogens is 540 g/mol. The standard InChI is InChI=1S/C33H33F2N3O4/c1-37-27-20-41-17-5-4-16-38-31-23(12-7-13-25(31)30(27)26(36-37)19-29(34)35)24(32(38)33(39)40)14-8-18-42-28-15-6-10-21-9-2-3-11-22(21)28/h2-3,6-7,9-13,15,29H,4-5,8,14,16-20H2,1H3,(H,39,40). The number of para-hydroxylation sites is 1. The van der Waals surface area contributed by atoms with Crippen LogP contribution < -0.4 is 4.74 Å². The van der Waals surface area contributed by atoms with Crippen LogP contribution in [0.25, 0.3) is 32.8 Å². The molecule has 3 aromatic carbocycles. The highest BCUT2D eigenvalue weighted by Crippen LogP contribution is 2.39. The van der Waals surface area contributed by atoms with E-state index in [-0.39, 0.29) is 18.0 Å². The van der Waals surface area contributed by atoms with E-state index in [4.69, 9.17) is 9.47 Å². The van der Waals surface area contributed by atoms with E-state index < -0.39 is 18.8 Å². The average molecular weight is 574 g/mol. The SMILES string of the molecule is Cn1nc(CC(F)F)c2c1COCCCCn1c(C(=O)O)c(CCCOc3cccc4ccccc34)c3cccc-2c31. The summed E-state index contributed by atoms with van der Waals surface area (Å²) in [4.78, 5) is 12.8. The second-order valence-corrected chi connectivity index (χ2v) is 10.7. The zero-order chi connectivity index (χ0) is 29.2. The monoisotopic (exact) mass is 573 g/mol. The molecular formula is C33H33F2N3O4. The third-order valence-corrected chi connectivity index (χ3v) is 7.98. The summed E-state index contributed by atoms with van der Waals surface area (Å²) in [5.74, 6) is -0.212. The van der Waals surface area contributed by atoms with Gasteiger partial charge >= 0.3 is 5.97 Å². The Morgan fingerprint density at radius 1 is 1.07 bits per heavy atom. The van der Waals surface area contributed by atoms with E-state index in [1.165, 1.54) is 0 Å². The molecule has 218 valence electrons. The molecule has 0 unspecified atom stereocenters. The van der Waals surface area contributed by atoms with Crippen molar-refractivity contribution in [2.24, 2.45) is 7.05 Å². The summed E-state index contributed by atoms with van der Waals surface area (Å²) in [5, 5.41) is 17.9. The van der Waals surface area contributed by atoms with Gasteiger partial charge in [-0.3, -0.25) is 4.68 Å². The van der Waals surface area contributed by atoms with Gasteiger partial charge in [0.25, 0.3) is 0 Å². The van der Waals surface area contributed by atoms with Crippen LogP contribution >= 0.6 is 0 Å². The van der Waals surface area contributed by atoms with E-state index in [2.05, 4.69) is 5.10 Å². The van der Waals surface area contributed by atoms with Gasteiger partial charge in [0, 0.05) is 42.1 Å². The third-order valence-electron chi connectivity index (χ3n) is 7.98. The second kappa shape index (κ2) is 11.9. The molecule has 1 N–H and O–H groups in total. The maximum absolute atomic E-state index is 13.7. The van der Waals surface area contributed by atoms with E-state index >= 15 is 0 Å². The number of ether oxygens (including phenoxy) is 2. The first-order valence-corrected chi connectivity index (χ1v) is 14.3. The number of carboxylic acids is 1. The molecule has 0 spiro atoms. The van der Waals surface area contributed by atoms with Gasteiger partial charge in [-0.2, -0.15) is 5.10 Å². The lowest BCUT2D eigenvalue weighted by atomic mass is 9.97. The lowest BCUT2D eigenvalue weighted by molar-refractivity contribution is 0.0683. The second-order valence-electron chi connectivity index (χ2n) is 10.7. The number of hydrogen-bond acceptors (Lipinski definition) is 4. The van der Waals surface area contributed by atoms with Crippen LogP contribution in [0.5, 0.6) is 5.75 Å². The largest absolute Gasteiger partial charge is 0.493 e. The first-order chi connectivity index (χ1) is 20.4. The summed E-state index contributed by atoms with van der Waals surface area (Å²) in [7, 11) is 1.74. The highest BCUT2D eigenvalue weighted by molar-refractivity contribution is 6.04. The zero-order valence-electron chi connectivity index (χ0n) is 23.5. The van der Waals surface area contributed by atoms with Crippen LogP contribution in [0.15, 0.2) is 60.7 Å². The molecule has 0 amide bonds. The fraction of sp³-hybridized carbons (Fsp3) is 0.333. The van der Waals surface area contributed by atoms with Crippen molar-refractivity contribution in [1.82, 2.24) is 14.3 Å². The summed E-state index contributed by atoms with van der Waals surface area (Å²) in [5.41, 5.74) is 4.01. The Bertz CT molecular complexity index is 1750. The van der Waals surface area contributed by atoms with Crippen molar-refractivity contribution in [3.63, 3.8) is 0 Å². The van der Waals surface area contributed by atoms with Gasteiger partial charge in [0.05, 0.1) is 36.5 Å². The molecule has 0 saturated heterocycles. The van der Waals surface area contributed by atoms with Crippen LogP contribution in [0, 0.1) is 0 Å². The van der Waals surface area contributed by atoms with Crippen LogP contribution in [-0.4, -0.2) is 45.1 Å². The molecule has 1 aliphatic heterocycles. The van der Waals surface area contributed by atoms with Crippen LogP contribution in [0.3, 0.4) is 0 Å². The van der Waals surface area contributed by atoms with Gasteiger partial charge in [-0.05, 0) is 42.7 Å². The Balaban J connectivity index is 1.42. The van der Waals surface area contributed by atoms with E-state index in [0.717, 1.165) is 45.8 Å². The summed E-state index contributed by atoms with van der Waals surface area (Å²) < 4.78 is 42.9. The van der Waals surface area contributed by atoms with E-state index in [1.54, 1.807) is 11.7 Å². The Morgan fingerprint density at radius 2 is 1.86 bits per heavy atom. The zero-order valence-corrected chi connectivity index (χ0v) is 23.5. The molecule has 0 aliphatic carbocycles. The maximum Gasteiger partial charge on any atom is 0.352 e. The van der Waals surface area contributed by atoms with Crippen LogP contribution in [0.4, 0.5) is 8.78 Å². The topological polar surface area (TPSA) is 78.5 Å². The molecule has 9 heteroatoms. The molecule has 0 radical (unpaired) electrons. The van der Waals surface area contributed by atoms with Crippen molar-refractivity contribution >= 4 is 27.6 Å². The fourth-order valence-electron chi connectivity index (χ4n) is 6.18. The molecule has 0 atom stereocenters. The van der Waals surface area contributed by atoms with Crippen LogP contribution in [-0.2, 0) is 37.8 Å². The van der Waals surface area contributed by atoms with Crippen molar-refractivity contribution < 1.29 is 28.2 Å². The van der Waals surface area contributed by atoms with Gasteiger partial charge < -0.3 is 19.1 Å². The fourth-order valence-corrected chi connectivity index (χ4v) is 6.18. The molecule has 7 nitrogen and oxygen atoms in total. The molecule has 6 rings (SSSR count). The Labute approximate surface area is 242 Å². The third kappa shape index (κ3) is 5.25. The van der Waals surface area contributed by atoms with Gasteiger partial charge in [-0.25, -0.2) is 13.6 Å². The normalized spacial score (nSPS) is 13.8. The molecule has 0 saturated carbocycles. The number of aromatic nitrogens is 3. The van der Waals surface area contributed by atoms with Gasteiger partial charge in [0.15, 0.2) is 0 Å². The number of aromatic carboxylic acids is 1. The number of carboxylic acid groups (broad SMARTS) is 1. The quantitative estimate of drug-likeness (QED) is 0.202. The lowest BCUT2D eigenvalue weighted by Gasteiger charge is -2.12. The first-order valence-electron chi connectivity index (χ1n) is 14.3. The summed E-state index contributed by atoms with van der Waals surface area (Å²) in [6, 6.07) is 19.7. The smallest absolute Gasteiger partial charge is 0.352 e. The van der Waals surface area contributed by atoms with Crippen molar-refractivity contribution in [2.75, 3.05) is 13.2 Å². The summed E-state index contributed by atoms with van der Waals surface area (Å²) >= 11 is 0. The number of benzene rings is 3. The minimum atomic E-state index is -2.57. The minimum absolute atomic E-state index is 0.239. The van der Waals surface area contributed by atoms with Crippen LogP contribution in [0.2, 0.25) is 0 Å². The van der Waals surface area contributed by atoms with Gasteiger partial charge in [-0.15, -0.1) is 0 Å². The van der Waals surface area contributed by atoms with Gasteiger partial charge in [0.1, 0.15) is 11.4 Å². The minimum Gasteiger partial charge on any atom is -0.493 e. The highest BCUT2D eigenvalue weighted by Gasteiger charge is 2.28. The van der Waals surface area contributed by atoms with Crippen molar-refractivity contribution in [1.29, 1.82) is 0 Å². The molecule has 3 heterocycles. The molecule has 42 heavy (non-hydrogen) atoms. The van der Waals surface area contributed by atoms with Crippen molar-refractivity contribution in [3.8, 4) is 16.9 Å². The molecule has 0 bridgehead atoms. The number of alkyl halides is 2. The Kier molecular flexibility index (Phi) is 7.93. The number of halogens is 2. The van der Waals surface area contributed by atoms with Crippen molar-refractivity contribution in [3.05, 3.63) is 83.3 Å². The first kappa shape index (κ1) is 27.9. The average Bonchev–Trinajstić information content (AvgIpc) is 3.44. The number of carbonyl (C=O) groups is 1. The Hall–Kier alpha value is -4.24. The molecule has 0 fully saturated rings. The molecule has 2 aromatic heterocycles. The molecule has 1 aliphatic rings. The van der Waals surface area contributed by atoms with E-state index in [1.807, 2.05) is 65.2 Å². The van der Waals surface area contributed by atoms with Crippen LogP contribution in [0.1, 0.15) is 46.7 Å². The summed E-state index contributed by atoms with van der Waals surface area (Å²) in [6.45, 7) is 1.62. The maximum atomic E-state index is 13.7. The predicted molar refractivity (Wildman–Crippen MR) is 157 cm³/mol. The number of rotatable bonds is 8. The molecule has 5 aromatic rings. The van der Waals surface area contributed by atoms with Gasteiger partial charge in [-0.1, -0.05) is 54.6 Å². The number of aryl methyl sites for hydroxylation is 3. The van der Waals surface area contributed by atoms with Crippen molar-refractivity contribution in [2.45, 2.75) is 51.7 Å². The van der Waals surface area contributed by atoms with Gasteiger partial charge in [0.2, 0.25) is 6.43 Å². The lowest BCUT2D eigenvalue weighted by Crippen LogP contribution is -2.12. The predicted octanol–water partition coefficient (Wildman–Crippen LogP) is 7.02. The van der Waals surface area contributed by atoms with E-state index in [0.29, 0.717) is 49.4 Å². The Morgan fingerprint density at radius 3 is 2.69 bits per heavy atom. The highest BCUT2D eigenvalue weighted by atomic mass is 19.3.